The van der Waals surface area contributed by atoms with Crippen LogP contribution in [0.5, 0.6) is 0 Å². The zero-order chi connectivity index (χ0) is 21.0. The summed E-state index contributed by atoms with van der Waals surface area (Å²) in [6.45, 7) is 5.31. The Kier molecular flexibility index (Phi) is 6.11. The van der Waals surface area contributed by atoms with Crippen molar-refractivity contribution < 1.29 is 14.1 Å². The topological polar surface area (TPSA) is 98.6 Å². The first-order valence-corrected chi connectivity index (χ1v) is 9.50. The van der Waals surface area contributed by atoms with E-state index in [0.29, 0.717) is 18.6 Å². The van der Waals surface area contributed by atoms with Crippen LogP contribution in [0.25, 0.3) is 11.1 Å². The second-order valence-corrected chi connectivity index (χ2v) is 6.98. The van der Waals surface area contributed by atoms with Gasteiger partial charge in [-0.15, -0.1) is 0 Å². The predicted molar refractivity (Wildman–Crippen MR) is 109 cm³/mol. The molecule has 0 aliphatic carbocycles. The minimum atomic E-state index is -0.631. The predicted octanol–water partition coefficient (Wildman–Crippen LogP) is 3.64. The van der Waals surface area contributed by atoms with E-state index in [4.69, 9.17) is 4.42 Å². The average molecular weight is 397 g/mol. The lowest BCUT2D eigenvalue weighted by Crippen LogP contribution is -2.32. The van der Waals surface area contributed by atoms with E-state index in [2.05, 4.69) is 0 Å². The molecule has 0 bridgehead atoms. The molecule has 8 nitrogen and oxygen atoms in total. The van der Waals surface area contributed by atoms with E-state index < -0.39 is 10.7 Å². The number of carbonyl (C=O) groups is 1. The second-order valence-electron chi connectivity index (χ2n) is 6.98. The average Bonchev–Trinajstić information content (AvgIpc) is 3.01. The van der Waals surface area contributed by atoms with Crippen LogP contribution in [-0.4, -0.2) is 26.8 Å². The fourth-order valence-corrected chi connectivity index (χ4v) is 3.22. The number of nitrogens with zero attached hydrogens (tertiary/aromatic N) is 3. The lowest BCUT2D eigenvalue weighted by molar-refractivity contribution is -0.384. The van der Waals surface area contributed by atoms with Crippen LogP contribution < -0.4 is 5.76 Å². The number of hydrogen-bond acceptors (Lipinski definition) is 5. The van der Waals surface area contributed by atoms with Gasteiger partial charge in [0, 0.05) is 32.1 Å². The monoisotopic (exact) mass is 397 g/mol. The van der Waals surface area contributed by atoms with Crippen molar-refractivity contribution in [2.75, 3.05) is 6.54 Å². The molecule has 0 unspecified atom stereocenters. The molecule has 0 spiro atoms. The van der Waals surface area contributed by atoms with Crippen molar-refractivity contribution in [3.8, 4) is 0 Å². The van der Waals surface area contributed by atoms with Crippen LogP contribution in [0.15, 0.2) is 51.7 Å². The number of aryl methyl sites for hydroxylation is 2. The number of amides is 1. The van der Waals surface area contributed by atoms with Crippen LogP contribution >= 0.6 is 0 Å². The highest BCUT2D eigenvalue weighted by Gasteiger charge is 2.17. The van der Waals surface area contributed by atoms with Crippen molar-refractivity contribution in [3.63, 3.8) is 0 Å². The molecule has 3 aromatic rings. The zero-order valence-corrected chi connectivity index (χ0v) is 16.5. The van der Waals surface area contributed by atoms with E-state index in [1.807, 2.05) is 38.1 Å². The summed E-state index contributed by atoms with van der Waals surface area (Å²) < 4.78 is 6.46. The maximum atomic E-state index is 12.8. The Morgan fingerprint density at radius 3 is 2.59 bits per heavy atom. The molecule has 3 rings (SSSR count). The van der Waals surface area contributed by atoms with Crippen LogP contribution in [0, 0.1) is 17.0 Å². The standard InChI is InChI=1S/C21H23N3O5/c1-3-11-22(14-16-6-4-15(2)5-7-16)20(25)10-12-23-18-9-8-17(24(27)28)13-19(18)29-21(23)26/h4-9,13H,3,10-12,14H2,1-2H3. The third-order valence-corrected chi connectivity index (χ3v) is 4.75. The Bertz CT molecular complexity index is 1080. The third-order valence-electron chi connectivity index (χ3n) is 4.75. The second kappa shape index (κ2) is 8.72. The van der Waals surface area contributed by atoms with Crippen LogP contribution in [0.3, 0.4) is 0 Å². The smallest absolute Gasteiger partial charge is 0.407 e. The maximum Gasteiger partial charge on any atom is 0.419 e. The molecule has 8 heteroatoms. The molecule has 0 radical (unpaired) electrons. The normalized spacial score (nSPS) is 11.0. The molecule has 1 amide bonds. The number of nitro groups is 1. The van der Waals surface area contributed by atoms with Gasteiger partial charge in [-0.2, -0.15) is 0 Å². The number of carbonyl (C=O) groups excluding carboxylic acids is 1. The van der Waals surface area contributed by atoms with Crippen molar-refractivity contribution in [1.82, 2.24) is 9.47 Å². The van der Waals surface area contributed by atoms with E-state index >= 15 is 0 Å². The van der Waals surface area contributed by atoms with E-state index in [1.165, 1.54) is 22.8 Å². The lowest BCUT2D eigenvalue weighted by atomic mass is 10.1. The van der Waals surface area contributed by atoms with Gasteiger partial charge < -0.3 is 9.32 Å². The third kappa shape index (κ3) is 4.71. The van der Waals surface area contributed by atoms with Gasteiger partial charge >= 0.3 is 5.76 Å². The molecule has 29 heavy (non-hydrogen) atoms. The molecule has 0 N–H and O–H groups in total. The van der Waals surface area contributed by atoms with Crippen molar-refractivity contribution in [2.24, 2.45) is 0 Å². The largest absolute Gasteiger partial charge is 0.419 e. The van der Waals surface area contributed by atoms with Gasteiger partial charge in [0.1, 0.15) is 0 Å². The number of nitro benzene ring substituents is 1. The van der Waals surface area contributed by atoms with Crippen molar-refractivity contribution in [2.45, 2.75) is 39.8 Å². The summed E-state index contributed by atoms with van der Waals surface area (Å²) in [5, 5.41) is 10.9. The number of rotatable bonds is 8. The number of oxazole rings is 1. The first kappa shape index (κ1) is 20.3. The van der Waals surface area contributed by atoms with E-state index in [1.54, 1.807) is 4.90 Å². The van der Waals surface area contributed by atoms with Gasteiger partial charge in [0.05, 0.1) is 16.5 Å². The lowest BCUT2D eigenvalue weighted by Gasteiger charge is -2.22. The molecule has 0 aliphatic rings. The molecule has 1 aromatic heterocycles. The highest BCUT2D eigenvalue weighted by molar-refractivity contribution is 5.78. The number of non-ortho nitro benzene ring substituents is 1. The molecule has 0 fully saturated rings. The Labute approximate surface area is 167 Å². The Morgan fingerprint density at radius 1 is 1.21 bits per heavy atom. The van der Waals surface area contributed by atoms with E-state index in [0.717, 1.165) is 17.5 Å². The zero-order valence-electron chi connectivity index (χ0n) is 16.5. The Hall–Kier alpha value is -3.42. The Morgan fingerprint density at radius 2 is 1.93 bits per heavy atom. The summed E-state index contributed by atoms with van der Waals surface area (Å²) >= 11 is 0. The number of benzene rings is 2. The fourth-order valence-electron chi connectivity index (χ4n) is 3.22. The molecule has 0 saturated carbocycles. The summed E-state index contributed by atoms with van der Waals surface area (Å²) in [7, 11) is 0. The molecule has 152 valence electrons. The number of hydrogen-bond donors (Lipinski definition) is 0. The Balaban J connectivity index is 1.74. The molecule has 0 atom stereocenters. The molecule has 2 aromatic carbocycles. The first-order valence-electron chi connectivity index (χ1n) is 9.50. The van der Waals surface area contributed by atoms with Gasteiger partial charge in [-0.1, -0.05) is 36.8 Å². The van der Waals surface area contributed by atoms with Crippen molar-refractivity contribution in [1.29, 1.82) is 0 Å². The van der Waals surface area contributed by atoms with Gasteiger partial charge in [-0.3, -0.25) is 19.5 Å². The molecule has 0 saturated heterocycles. The number of fused-ring (bicyclic) bond motifs is 1. The van der Waals surface area contributed by atoms with Crippen LogP contribution in [0.2, 0.25) is 0 Å². The fraction of sp³-hybridized carbons (Fsp3) is 0.333. The van der Waals surface area contributed by atoms with E-state index in [9.17, 15) is 19.7 Å². The summed E-state index contributed by atoms with van der Waals surface area (Å²) in [5.74, 6) is -0.690. The number of aromatic nitrogens is 1. The summed E-state index contributed by atoms with van der Waals surface area (Å²) in [6, 6.07) is 12.0. The summed E-state index contributed by atoms with van der Waals surface area (Å²) in [5.41, 5.74) is 2.64. The molecule has 0 aliphatic heterocycles. The minimum absolute atomic E-state index is 0.0596. The van der Waals surface area contributed by atoms with Gasteiger partial charge in [0.15, 0.2) is 5.58 Å². The van der Waals surface area contributed by atoms with Gasteiger partial charge in [-0.25, -0.2) is 4.79 Å². The highest BCUT2D eigenvalue weighted by atomic mass is 16.6. The SMILES string of the molecule is CCCN(Cc1ccc(C)cc1)C(=O)CCn1c(=O)oc2cc([N+](=O)[O-])ccc21. The quantitative estimate of drug-likeness (QED) is 0.427. The van der Waals surface area contributed by atoms with Gasteiger partial charge in [0.2, 0.25) is 5.91 Å². The first-order chi connectivity index (χ1) is 13.9. The summed E-state index contributed by atoms with van der Waals surface area (Å²) in [4.78, 5) is 37.1. The summed E-state index contributed by atoms with van der Waals surface area (Å²) in [6.07, 6.45) is 0.966. The highest BCUT2D eigenvalue weighted by Crippen LogP contribution is 2.20. The minimum Gasteiger partial charge on any atom is -0.407 e. The van der Waals surface area contributed by atoms with Crippen molar-refractivity contribution in [3.05, 3.63) is 74.3 Å². The van der Waals surface area contributed by atoms with Crippen LogP contribution in [-0.2, 0) is 17.9 Å². The van der Waals surface area contributed by atoms with Crippen LogP contribution in [0.1, 0.15) is 30.9 Å². The molecular formula is C21H23N3O5. The maximum absolute atomic E-state index is 12.8. The van der Waals surface area contributed by atoms with Gasteiger partial charge in [0.25, 0.3) is 5.69 Å². The van der Waals surface area contributed by atoms with Gasteiger partial charge in [-0.05, 0) is 25.0 Å². The van der Waals surface area contributed by atoms with Crippen molar-refractivity contribution >= 4 is 22.7 Å². The van der Waals surface area contributed by atoms with Crippen LogP contribution in [0.4, 0.5) is 5.69 Å². The van der Waals surface area contributed by atoms with E-state index in [-0.39, 0.29) is 30.1 Å². The molecular weight excluding hydrogens is 374 g/mol. The molecule has 1 heterocycles.